The number of alkyl halides is 2. The van der Waals surface area contributed by atoms with Crippen LogP contribution in [-0.4, -0.2) is 22.1 Å². The number of aromatic nitrogens is 2. The molecule has 6 heteroatoms. The van der Waals surface area contributed by atoms with Crippen LogP contribution in [-0.2, 0) is 0 Å². The first-order valence-corrected chi connectivity index (χ1v) is 8.31. The summed E-state index contributed by atoms with van der Waals surface area (Å²) in [6.07, 6.45) is 1.22. The summed E-state index contributed by atoms with van der Waals surface area (Å²) in [4.78, 5) is 8.00. The molecule has 2 N–H and O–H groups in total. The Morgan fingerprint density at radius 3 is 2.56 bits per heavy atom. The van der Waals surface area contributed by atoms with Crippen LogP contribution < -0.4 is 10.5 Å². The number of pyridine rings is 2. The quantitative estimate of drug-likeness (QED) is 0.798. The Hall–Kier alpha value is -2.08. The summed E-state index contributed by atoms with van der Waals surface area (Å²) in [5.74, 6) is 1.13. The number of halogens is 2. The second kappa shape index (κ2) is 7.87. The van der Waals surface area contributed by atoms with Crippen molar-refractivity contribution in [3.05, 3.63) is 41.9 Å². The average molecular weight is 349 g/mol. The standard InChI is InChI=1S/C19H25F2N3O/c1-12(2)9-19(4,22)11-25-17-10-24-15(7-13(17)3)14-5-6-23-16(8-14)18(20)21/h5-8,10,12,18H,9,11,22H2,1-4H3. The molecule has 0 fully saturated rings. The van der Waals surface area contributed by atoms with Gasteiger partial charge in [0.05, 0.1) is 11.9 Å². The van der Waals surface area contributed by atoms with Crippen LogP contribution in [0.25, 0.3) is 11.3 Å². The normalized spacial score (nSPS) is 14.0. The van der Waals surface area contributed by atoms with Crippen LogP contribution in [0.2, 0.25) is 0 Å². The van der Waals surface area contributed by atoms with Crippen molar-refractivity contribution in [1.29, 1.82) is 0 Å². The van der Waals surface area contributed by atoms with E-state index in [1.54, 1.807) is 12.3 Å². The van der Waals surface area contributed by atoms with Crippen molar-refractivity contribution in [2.24, 2.45) is 11.7 Å². The number of aryl methyl sites for hydroxylation is 1. The molecule has 0 saturated carbocycles. The zero-order chi connectivity index (χ0) is 18.6. The zero-order valence-corrected chi connectivity index (χ0v) is 15.1. The Morgan fingerprint density at radius 2 is 1.96 bits per heavy atom. The Balaban J connectivity index is 2.14. The molecular formula is C19H25F2N3O. The van der Waals surface area contributed by atoms with Gasteiger partial charge in [-0.15, -0.1) is 0 Å². The molecule has 25 heavy (non-hydrogen) atoms. The van der Waals surface area contributed by atoms with E-state index in [0.29, 0.717) is 29.5 Å². The van der Waals surface area contributed by atoms with E-state index in [0.717, 1.165) is 12.0 Å². The van der Waals surface area contributed by atoms with Gasteiger partial charge in [-0.25, -0.2) is 8.78 Å². The molecule has 1 atom stereocenters. The summed E-state index contributed by atoms with van der Waals surface area (Å²) in [6.45, 7) is 8.49. The van der Waals surface area contributed by atoms with Gasteiger partial charge in [-0.05, 0) is 49.9 Å². The molecule has 0 saturated heterocycles. The molecule has 136 valence electrons. The van der Waals surface area contributed by atoms with Crippen molar-refractivity contribution in [2.45, 2.75) is 46.1 Å². The number of nitrogens with two attached hydrogens (primary N) is 1. The van der Waals surface area contributed by atoms with Gasteiger partial charge in [0.15, 0.2) is 0 Å². The first-order valence-electron chi connectivity index (χ1n) is 8.31. The van der Waals surface area contributed by atoms with Crippen molar-refractivity contribution in [1.82, 2.24) is 9.97 Å². The molecule has 0 aliphatic rings. The second-order valence-electron chi connectivity index (χ2n) is 7.15. The highest BCUT2D eigenvalue weighted by atomic mass is 19.3. The van der Waals surface area contributed by atoms with Gasteiger partial charge in [-0.1, -0.05) is 13.8 Å². The first kappa shape index (κ1) is 19.2. The summed E-state index contributed by atoms with van der Waals surface area (Å²) >= 11 is 0. The van der Waals surface area contributed by atoms with E-state index < -0.39 is 12.0 Å². The Morgan fingerprint density at radius 1 is 1.24 bits per heavy atom. The fraction of sp³-hybridized carbons (Fsp3) is 0.474. The highest BCUT2D eigenvalue weighted by molar-refractivity contribution is 5.61. The number of rotatable bonds is 7. The number of hydrogen-bond acceptors (Lipinski definition) is 4. The zero-order valence-electron chi connectivity index (χ0n) is 15.1. The molecule has 0 aliphatic heterocycles. The molecule has 0 spiro atoms. The first-order chi connectivity index (χ1) is 11.7. The molecule has 2 rings (SSSR count). The molecule has 1 unspecified atom stereocenters. The van der Waals surface area contributed by atoms with Crippen molar-refractivity contribution in [3.8, 4) is 17.0 Å². The minimum atomic E-state index is -2.60. The molecule has 0 bridgehead atoms. The summed E-state index contributed by atoms with van der Waals surface area (Å²) in [5.41, 5.74) is 7.66. The van der Waals surface area contributed by atoms with E-state index in [1.807, 2.05) is 19.9 Å². The van der Waals surface area contributed by atoms with Gasteiger partial charge in [-0.3, -0.25) is 9.97 Å². The fourth-order valence-corrected chi connectivity index (χ4v) is 2.81. The summed E-state index contributed by atoms with van der Waals surface area (Å²) in [6, 6.07) is 4.83. The van der Waals surface area contributed by atoms with Gasteiger partial charge in [0.2, 0.25) is 0 Å². The van der Waals surface area contributed by atoms with E-state index >= 15 is 0 Å². The van der Waals surface area contributed by atoms with E-state index in [9.17, 15) is 8.78 Å². The van der Waals surface area contributed by atoms with Gasteiger partial charge in [0.1, 0.15) is 18.1 Å². The Kier molecular flexibility index (Phi) is 6.06. The third-order valence-electron chi connectivity index (χ3n) is 3.80. The van der Waals surface area contributed by atoms with Crippen LogP contribution in [0, 0.1) is 12.8 Å². The molecule has 2 aromatic heterocycles. The highest BCUT2D eigenvalue weighted by Gasteiger charge is 2.21. The molecule has 0 amide bonds. The maximum absolute atomic E-state index is 12.8. The van der Waals surface area contributed by atoms with Crippen LogP contribution in [0.1, 0.15) is 44.9 Å². The lowest BCUT2D eigenvalue weighted by atomic mass is 9.93. The van der Waals surface area contributed by atoms with Crippen molar-refractivity contribution in [3.63, 3.8) is 0 Å². The highest BCUT2D eigenvalue weighted by Crippen LogP contribution is 2.27. The maximum Gasteiger partial charge on any atom is 0.280 e. The van der Waals surface area contributed by atoms with Crippen LogP contribution in [0.5, 0.6) is 5.75 Å². The van der Waals surface area contributed by atoms with E-state index in [4.69, 9.17) is 10.5 Å². The maximum atomic E-state index is 12.8. The fourth-order valence-electron chi connectivity index (χ4n) is 2.81. The third-order valence-corrected chi connectivity index (χ3v) is 3.80. The molecule has 0 aromatic carbocycles. The lowest BCUT2D eigenvalue weighted by Crippen LogP contribution is -2.43. The number of nitrogens with zero attached hydrogens (tertiary/aromatic N) is 2. The Labute approximate surface area is 147 Å². The minimum absolute atomic E-state index is 0.259. The van der Waals surface area contributed by atoms with E-state index in [-0.39, 0.29) is 5.69 Å². The lowest BCUT2D eigenvalue weighted by Gasteiger charge is -2.27. The van der Waals surface area contributed by atoms with Gasteiger partial charge in [-0.2, -0.15) is 0 Å². The molecule has 0 aliphatic carbocycles. The molecule has 4 nitrogen and oxygen atoms in total. The van der Waals surface area contributed by atoms with E-state index in [1.165, 1.54) is 12.3 Å². The second-order valence-corrected chi connectivity index (χ2v) is 7.15. The van der Waals surface area contributed by atoms with Crippen LogP contribution in [0.15, 0.2) is 30.6 Å². The monoisotopic (exact) mass is 349 g/mol. The topological polar surface area (TPSA) is 61.0 Å². The van der Waals surface area contributed by atoms with Crippen molar-refractivity contribution >= 4 is 0 Å². The number of ether oxygens (including phenoxy) is 1. The summed E-state index contributed by atoms with van der Waals surface area (Å²) in [7, 11) is 0. The predicted octanol–water partition coefficient (Wildman–Crippen LogP) is 4.53. The third kappa shape index (κ3) is 5.46. The van der Waals surface area contributed by atoms with Crippen LogP contribution in [0.3, 0.4) is 0 Å². The largest absolute Gasteiger partial charge is 0.490 e. The van der Waals surface area contributed by atoms with E-state index in [2.05, 4.69) is 23.8 Å². The predicted molar refractivity (Wildman–Crippen MR) is 94.7 cm³/mol. The molecule has 2 aromatic rings. The Bertz CT molecular complexity index is 718. The van der Waals surface area contributed by atoms with Gasteiger partial charge < -0.3 is 10.5 Å². The van der Waals surface area contributed by atoms with Crippen LogP contribution >= 0.6 is 0 Å². The van der Waals surface area contributed by atoms with Crippen LogP contribution in [0.4, 0.5) is 8.78 Å². The van der Waals surface area contributed by atoms with Gasteiger partial charge in [0, 0.05) is 17.3 Å². The van der Waals surface area contributed by atoms with Crippen molar-refractivity contribution in [2.75, 3.05) is 6.61 Å². The molecule has 2 heterocycles. The SMILES string of the molecule is Cc1cc(-c2ccnc(C(F)F)c2)ncc1OCC(C)(N)CC(C)C. The molecule has 0 radical (unpaired) electrons. The smallest absolute Gasteiger partial charge is 0.280 e. The summed E-state index contributed by atoms with van der Waals surface area (Å²) in [5, 5.41) is 0. The van der Waals surface area contributed by atoms with Gasteiger partial charge >= 0.3 is 0 Å². The average Bonchev–Trinajstić information content (AvgIpc) is 2.52. The van der Waals surface area contributed by atoms with Gasteiger partial charge in [0.25, 0.3) is 6.43 Å². The molecular weight excluding hydrogens is 324 g/mol. The summed E-state index contributed by atoms with van der Waals surface area (Å²) < 4.78 is 31.4. The lowest BCUT2D eigenvalue weighted by molar-refractivity contribution is 0.146. The number of hydrogen-bond donors (Lipinski definition) is 1. The minimum Gasteiger partial charge on any atom is -0.490 e. The van der Waals surface area contributed by atoms with Crippen molar-refractivity contribution < 1.29 is 13.5 Å².